The topological polar surface area (TPSA) is 80.6 Å². The highest BCUT2D eigenvalue weighted by atomic mass is 15.3. The van der Waals surface area contributed by atoms with E-state index in [2.05, 4.69) is 23.9 Å². The Kier molecular flexibility index (Phi) is 3.38. The van der Waals surface area contributed by atoms with Gasteiger partial charge in [0.1, 0.15) is 5.84 Å². The molecule has 0 aliphatic rings. The van der Waals surface area contributed by atoms with E-state index >= 15 is 0 Å². The molecule has 0 fully saturated rings. The van der Waals surface area contributed by atoms with Gasteiger partial charge in [0.25, 0.3) is 0 Å². The Hall–Kier alpha value is -2.17. The van der Waals surface area contributed by atoms with Crippen molar-refractivity contribution in [3.63, 3.8) is 0 Å². The van der Waals surface area contributed by atoms with Crippen LogP contribution in [0.2, 0.25) is 0 Å². The molecule has 0 atom stereocenters. The molecular formula is C14H19N5. The molecule has 0 aliphatic heterocycles. The lowest BCUT2D eigenvalue weighted by Gasteiger charge is -2.12. The van der Waals surface area contributed by atoms with Crippen LogP contribution >= 0.6 is 0 Å². The van der Waals surface area contributed by atoms with E-state index in [0.29, 0.717) is 11.5 Å². The monoisotopic (exact) mass is 257 g/mol. The molecule has 2 aromatic heterocycles. The number of pyridine rings is 1. The molecule has 0 amide bonds. The van der Waals surface area contributed by atoms with Crippen LogP contribution in [0.3, 0.4) is 0 Å². The second-order valence-corrected chi connectivity index (χ2v) is 5.00. The maximum absolute atomic E-state index is 7.72. The van der Waals surface area contributed by atoms with Crippen molar-refractivity contribution >= 4 is 5.84 Å². The zero-order valence-corrected chi connectivity index (χ0v) is 11.7. The second-order valence-electron chi connectivity index (χ2n) is 5.00. The largest absolute Gasteiger partial charge is 0.384 e. The molecule has 0 saturated heterocycles. The maximum Gasteiger partial charge on any atom is 0.126 e. The summed E-state index contributed by atoms with van der Waals surface area (Å²) in [5.74, 6) is 0.382. The number of nitrogens with two attached hydrogens (primary N) is 1. The van der Waals surface area contributed by atoms with Crippen LogP contribution < -0.4 is 5.73 Å². The molecule has 0 radical (unpaired) electrons. The van der Waals surface area contributed by atoms with Gasteiger partial charge in [-0.15, -0.1) is 0 Å². The van der Waals surface area contributed by atoms with E-state index in [-0.39, 0.29) is 5.84 Å². The Balaban J connectivity index is 2.63. The molecule has 19 heavy (non-hydrogen) atoms. The summed E-state index contributed by atoms with van der Waals surface area (Å²) in [6.07, 6.45) is 1.90. The number of hydrogen-bond acceptors (Lipinski definition) is 3. The van der Waals surface area contributed by atoms with Gasteiger partial charge < -0.3 is 5.73 Å². The van der Waals surface area contributed by atoms with Gasteiger partial charge >= 0.3 is 0 Å². The highest BCUT2D eigenvalue weighted by Gasteiger charge is 2.14. The Morgan fingerprint density at radius 2 is 2.05 bits per heavy atom. The summed E-state index contributed by atoms with van der Waals surface area (Å²) < 4.78 is 1.77. The van der Waals surface area contributed by atoms with Crippen LogP contribution in [0.5, 0.6) is 0 Å². The lowest BCUT2D eigenvalue weighted by atomic mass is 10.1. The number of nitrogens with one attached hydrogen (secondary N) is 1. The fraction of sp³-hybridized carbons (Fsp3) is 0.357. The van der Waals surface area contributed by atoms with Crippen LogP contribution in [-0.4, -0.2) is 20.6 Å². The van der Waals surface area contributed by atoms with Gasteiger partial charge in [-0.2, -0.15) is 5.10 Å². The number of amidine groups is 1. The van der Waals surface area contributed by atoms with E-state index in [4.69, 9.17) is 11.1 Å². The molecule has 0 unspecified atom stereocenters. The van der Waals surface area contributed by atoms with Gasteiger partial charge in [0.05, 0.1) is 22.6 Å². The Labute approximate surface area is 113 Å². The minimum Gasteiger partial charge on any atom is -0.384 e. The first-order chi connectivity index (χ1) is 8.90. The van der Waals surface area contributed by atoms with Gasteiger partial charge in [-0.05, 0) is 31.9 Å². The Morgan fingerprint density at radius 3 is 2.58 bits per heavy atom. The molecule has 0 aromatic carbocycles. The third-order valence-electron chi connectivity index (χ3n) is 3.03. The first-order valence-corrected chi connectivity index (χ1v) is 6.28. The zero-order valence-electron chi connectivity index (χ0n) is 11.7. The quantitative estimate of drug-likeness (QED) is 0.654. The summed E-state index contributed by atoms with van der Waals surface area (Å²) in [5.41, 5.74) is 9.78. The van der Waals surface area contributed by atoms with Crippen LogP contribution in [0.4, 0.5) is 0 Å². The summed E-state index contributed by atoms with van der Waals surface area (Å²) in [6, 6.07) is 3.89. The van der Waals surface area contributed by atoms with E-state index in [1.165, 1.54) is 0 Å². The van der Waals surface area contributed by atoms with Gasteiger partial charge in [0.15, 0.2) is 0 Å². The lowest BCUT2D eigenvalue weighted by molar-refractivity contribution is 0.765. The maximum atomic E-state index is 7.72. The van der Waals surface area contributed by atoms with E-state index in [0.717, 1.165) is 22.8 Å². The van der Waals surface area contributed by atoms with Crippen molar-refractivity contribution in [3.05, 3.63) is 41.0 Å². The highest BCUT2D eigenvalue weighted by molar-refractivity contribution is 5.99. The number of aryl methyl sites for hydroxylation is 2. The number of hydrogen-bond donors (Lipinski definition) is 2. The molecule has 2 heterocycles. The summed E-state index contributed by atoms with van der Waals surface area (Å²) in [7, 11) is 0. The van der Waals surface area contributed by atoms with E-state index in [1.54, 1.807) is 4.68 Å². The number of rotatable bonds is 3. The molecule has 0 aliphatic carbocycles. The molecule has 2 aromatic rings. The molecule has 3 N–H and O–H groups in total. The van der Waals surface area contributed by atoms with Crippen LogP contribution in [0, 0.1) is 19.3 Å². The van der Waals surface area contributed by atoms with E-state index in [9.17, 15) is 0 Å². The minimum absolute atomic E-state index is 0.0154. The SMILES string of the molecule is Cc1cc(-n2ccc(C(C)C)n2)c(C(=N)N)c(C)n1. The Morgan fingerprint density at radius 1 is 1.37 bits per heavy atom. The minimum atomic E-state index is 0.0154. The smallest absolute Gasteiger partial charge is 0.126 e. The summed E-state index contributed by atoms with van der Waals surface area (Å²) in [6.45, 7) is 7.98. The molecule has 5 nitrogen and oxygen atoms in total. The number of nitrogen functional groups attached to an aromatic ring is 1. The third-order valence-corrected chi connectivity index (χ3v) is 3.03. The highest BCUT2D eigenvalue weighted by Crippen LogP contribution is 2.20. The molecule has 0 saturated carbocycles. The van der Waals surface area contributed by atoms with Crippen LogP contribution in [0.1, 0.15) is 42.4 Å². The second kappa shape index (κ2) is 4.84. The average molecular weight is 257 g/mol. The van der Waals surface area contributed by atoms with Crippen LogP contribution in [0.15, 0.2) is 18.3 Å². The van der Waals surface area contributed by atoms with Crippen molar-refractivity contribution in [2.75, 3.05) is 0 Å². The predicted molar refractivity (Wildman–Crippen MR) is 75.9 cm³/mol. The molecular weight excluding hydrogens is 238 g/mol. The number of aromatic nitrogens is 3. The molecule has 100 valence electrons. The first-order valence-electron chi connectivity index (χ1n) is 6.28. The third kappa shape index (κ3) is 2.50. The number of nitrogens with zero attached hydrogens (tertiary/aromatic N) is 3. The van der Waals surface area contributed by atoms with Crippen LogP contribution in [-0.2, 0) is 0 Å². The summed E-state index contributed by atoms with van der Waals surface area (Å²) in [4.78, 5) is 4.36. The molecule has 2 rings (SSSR count). The zero-order chi connectivity index (χ0) is 14.2. The Bertz CT molecular complexity index is 625. The van der Waals surface area contributed by atoms with Crippen molar-refractivity contribution < 1.29 is 0 Å². The van der Waals surface area contributed by atoms with E-state index in [1.807, 2.05) is 32.2 Å². The van der Waals surface area contributed by atoms with Gasteiger partial charge in [-0.25, -0.2) is 4.68 Å². The lowest BCUT2D eigenvalue weighted by Crippen LogP contribution is -2.18. The van der Waals surface area contributed by atoms with Crippen molar-refractivity contribution in [1.82, 2.24) is 14.8 Å². The van der Waals surface area contributed by atoms with Gasteiger partial charge in [0, 0.05) is 11.9 Å². The normalized spacial score (nSPS) is 11.0. The van der Waals surface area contributed by atoms with Gasteiger partial charge in [-0.3, -0.25) is 10.4 Å². The molecule has 0 spiro atoms. The van der Waals surface area contributed by atoms with Crippen molar-refractivity contribution in [2.24, 2.45) is 5.73 Å². The molecule has 5 heteroatoms. The average Bonchev–Trinajstić information content (AvgIpc) is 2.76. The molecule has 0 bridgehead atoms. The van der Waals surface area contributed by atoms with Crippen LogP contribution in [0.25, 0.3) is 5.69 Å². The fourth-order valence-electron chi connectivity index (χ4n) is 2.10. The van der Waals surface area contributed by atoms with Crippen molar-refractivity contribution in [2.45, 2.75) is 33.6 Å². The fourth-order valence-corrected chi connectivity index (χ4v) is 2.10. The van der Waals surface area contributed by atoms with Gasteiger partial charge in [0.2, 0.25) is 0 Å². The summed E-state index contributed by atoms with van der Waals surface area (Å²) in [5, 5.41) is 12.3. The van der Waals surface area contributed by atoms with E-state index < -0.39 is 0 Å². The van der Waals surface area contributed by atoms with Crippen molar-refractivity contribution in [3.8, 4) is 5.69 Å². The predicted octanol–water partition coefficient (Wildman–Crippen LogP) is 2.29. The first kappa shape index (κ1) is 13.3. The standard InChI is InChI=1S/C14H19N5/c1-8(2)11-5-6-19(18-11)12-7-9(3)17-10(4)13(12)14(15)16/h5-8H,1-4H3,(H3,15,16). The summed E-state index contributed by atoms with van der Waals surface area (Å²) >= 11 is 0. The van der Waals surface area contributed by atoms with Gasteiger partial charge in [-0.1, -0.05) is 13.8 Å². The van der Waals surface area contributed by atoms with Crippen molar-refractivity contribution in [1.29, 1.82) is 5.41 Å².